The van der Waals surface area contributed by atoms with Gasteiger partial charge in [-0.3, -0.25) is 4.79 Å². The molecule has 1 aromatic rings. The maximum absolute atomic E-state index is 11.8. The molecule has 5 heteroatoms. The number of likely N-dealkylation sites (N-methyl/N-ethyl adjacent to an activating group) is 1. The molecule has 1 unspecified atom stereocenters. The maximum atomic E-state index is 11.8. The third-order valence-corrected chi connectivity index (χ3v) is 3.77. The number of carbonyl (C=O) groups excluding carboxylic acids is 1. The molecule has 1 atom stereocenters. The molecule has 2 heterocycles. The van der Waals surface area contributed by atoms with Gasteiger partial charge in [-0.2, -0.15) is 0 Å². The largest absolute Gasteiger partial charge is 0.341 e. The van der Waals surface area contributed by atoms with Crippen molar-refractivity contribution in [1.82, 2.24) is 15.2 Å². The van der Waals surface area contributed by atoms with Gasteiger partial charge in [0.15, 0.2) is 0 Å². The van der Waals surface area contributed by atoms with Gasteiger partial charge in [-0.1, -0.05) is 0 Å². The molecule has 0 spiro atoms. The number of aryl methyl sites for hydroxylation is 1. The van der Waals surface area contributed by atoms with Crippen LogP contribution in [0.3, 0.4) is 0 Å². The van der Waals surface area contributed by atoms with Crippen molar-refractivity contribution in [2.75, 3.05) is 20.1 Å². The van der Waals surface area contributed by atoms with Crippen LogP contribution in [-0.4, -0.2) is 42.0 Å². The average Bonchev–Trinajstić information content (AvgIpc) is 2.83. The van der Waals surface area contributed by atoms with E-state index in [1.165, 1.54) is 0 Å². The van der Waals surface area contributed by atoms with Crippen molar-refractivity contribution in [3.8, 4) is 0 Å². The summed E-state index contributed by atoms with van der Waals surface area (Å²) in [5.74, 6) is 0.231. The molecule has 1 aliphatic heterocycles. The molecule has 4 nitrogen and oxygen atoms in total. The molecule has 88 valence electrons. The topological polar surface area (TPSA) is 45.2 Å². The van der Waals surface area contributed by atoms with Crippen molar-refractivity contribution in [2.45, 2.75) is 25.8 Å². The minimum absolute atomic E-state index is 0.0252. The minimum atomic E-state index is 0.0252. The number of amides is 1. The first-order valence-corrected chi connectivity index (χ1v) is 6.45. The third kappa shape index (κ3) is 2.41. The first-order valence-electron chi connectivity index (χ1n) is 5.58. The van der Waals surface area contributed by atoms with E-state index in [2.05, 4.69) is 15.7 Å². The van der Waals surface area contributed by atoms with Gasteiger partial charge in [-0.15, -0.1) is 11.3 Å². The van der Waals surface area contributed by atoms with Gasteiger partial charge >= 0.3 is 0 Å². The SMILES string of the molecule is CNC1CCN(CCc2csc(C)n2)C1=O. The maximum Gasteiger partial charge on any atom is 0.239 e. The predicted molar refractivity (Wildman–Crippen MR) is 64.6 cm³/mol. The Bertz CT molecular complexity index is 377. The zero-order valence-electron chi connectivity index (χ0n) is 9.69. The van der Waals surface area contributed by atoms with Crippen molar-refractivity contribution in [3.05, 3.63) is 16.1 Å². The molecule has 1 amide bonds. The number of hydrogen-bond donors (Lipinski definition) is 1. The van der Waals surface area contributed by atoms with Gasteiger partial charge in [-0.25, -0.2) is 4.98 Å². The van der Waals surface area contributed by atoms with Crippen molar-refractivity contribution in [3.63, 3.8) is 0 Å². The summed E-state index contributed by atoms with van der Waals surface area (Å²) in [5.41, 5.74) is 1.10. The summed E-state index contributed by atoms with van der Waals surface area (Å²) in [6.45, 7) is 3.67. The van der Waals surface area contributed by atoms with Crippen LogP contribution in [-0.2, 0) is 11.2 Å². The third-order valence-electron chi connectivity index (χ3n) is 2.95. The van der Waals surface area contributed by atoms with Crippen molar-refractivity contribution >= 4 is 17.2 Å². The Morgan fingerprint density at radius 3 is 3.06 bits per heavy atom. The lowest BCUT2D eigenvalue weighted by molar-refractivity contribution is -0.129. The second-order valence-electron chi connectivity index (χ2n) is 4.06. The number of carbonyl (C=O) groups is 1. The number of thiazole rings is 1. The predicted octanol–water partition coefficient (Wildman–Crippen LogP) is 0.814. The molecule has 0 aromatic carbocycles. The first-order chi connectivity index (χ1) is 7.70. The zero-order valence-corrected chi connectivity index (χ0v) is 10.5. The molecule has 1 aromatic heterocycles. The first kappa shape index (κ1) is 11.5. The Labute approximate surface area is 99.7 Å². The summed E-state index contributed by atoms with van der Waals surface area (Å²) in [4.78, 5) is 18.1. The lowest BCUT2D eigenvalue weighted by Crippen LogP contribution is -2.37. The van der Waals surface area contributed by atoms with E-state index in [0.29, 0.717) is 0 Å². The van der Waals surface area contributed by atoms with Gasteiger partial charge in [0.25, 0.3) is 0 Å². The Morgan fingerprint density at radius 2 is 2.50 bits per heavy atom. The summed E-state index contributed by atoms with van der Waals surface area (Å²) in [7, 11) is 1.84. The minimum Gasteiger partial charge on any atom is -0.341 e. The molecule has 0 saturated carbocycles. The molecule has 1 N–H and O–H groups in total. The van der Waals surface area contributed by atoms with Crippen LogP contribution in [0.5, 0.6) is 0 Å². The summed E-state index contributed by atoms with van der Waals surface area (Å²) in [6.07, 6.45) is 1.79. The zero-order chi connectivity index (χ0) is 11.5. The van der Waals surface area contributed by atoms with Crippen LogP contribution in [0.15, 0.2) is 5.38 Å². The van der Waals surface area contributed by atoms with Crippen molar-refractivity contribution in [2.24, 2.45) is 0 Å². The van der Waals surface area contributed by atoms with Gasteiger partial charge in [0.05, 0.1) is 16.7 Å². The molecule has 0 radical (unpaired) electrons. The molecule has 16 heavy (non-hydrogen) atoms. The number of rotatable bonds is 4. The molecule has 1 aliphatic rings. The van der Waals surface area contributed by atoms with Gasteiger partial charge in [0.2, 0.25) is 5.91 Å². The number of hydrogen-bond acceptors (Lipinski definition) is 4. The van der Waals surface area contributed by atoms with E-state index in [1.54, 1.807) is 11.3 Å². The normalized spacial score (nSPS) is 20.8. The highest BCUT2D eigenvalue weighted by atomic mass is 32.1. The highest BCUT2D eigenvalue weighted by Gasteiger charge is 2.29. The van der Waals surface area contributed by atoms with Crippen molar-refractivity contribution < 1.29 is 4.79 Å². The van der Waals surface area contributed by atoms with Crippen LogP contribution >= 0.6 is 11.3 Å². The number of aromatic nitrogens is 1. The fourth-order valence-corrected chi connectivity index (χ4v) is 2.65. The smallest absolute Gasteiger partial charge is 0.239 e. The van der Waals surface area contributed by atoms with Crippen molar-refractivity contribution in [1.29, 1.82) is 0 Å². The van der Waals surface area contributed by atoms with E-state index in [4.69, 9.17) is 0 Å². The van der Waals surface area contributed by atoms with E-state index in [1.807, 2.05) is 18.9 Å². The Morgan fingerprint density at radius 1 is 1.69 bits per heavy atom. The molecular formula is C11H17N3OS. The Kier molecular flexibility index (Phi) is 3.56. The highest BCUT2D eigenvalue weighted by molar-refractivity contribution is 7.09. The average molecular weight is 239 g/mol. The van der Waals surface area contributed by atoms with Crippen LogP contribution in [0.25, 0.3) is 0 Å². The highest BCUT2D eigenvalue weighted by Crippen LogP contribution is 2.13. The van der Waals surface area contributed by atoms with E-state index in [-0.39, 0.29) is 11.9 Å². The van der Waals surface area contributed by atoms with E-state index in [0.717, 1.165) is 36.6 Å². The monoisotopic (exact) mass is 239 g/mol. The van der Waals surface area contributed by atoms with Gasteiger partial charge in [0, 0.05) is 24.9 Å². The fourth-order valence-electron chi connectivity index (χ4n) is 2.00. The van der Waals surface area contributed by atoms with Gasteiger partial charge < -0.3 is 10.2 Å². The van der Waals surface area contributed by atoms with Crippen LogP contribution < -0.4 is 5.32 Å². The Hall–Kier alpha value is -0.940. The molecule has 0 bridgehead atoms. The second kappa shape index (κ2) is 4.93. The lowest BCUT2D eigenvalue weighted by atomic mass is 10.2. The standard InChI is InChI=1S/C11H17N3OS/c1-8-13-9(7-16-8)3-5-14-6-4-10(12-2)11(14)15/h7,10,12H,3-6H2,1-2H3. The van der Waals surface area contributed by atoms with Crippen LogP contribution in [0.4, 0.5) is 0 Å². The summed E-state index contributed by atoms with van der Waals surface area (Å²) in [6, 6.07) is 0.0252. The van der Waals surface area contributed by atoms with E-state index in [9.17, 15) is 4.79 Å². The summed E-state index contributed by atoms with van der Waals surface area (Å²) >= 11 is 1.67. The van der Waals surface area contributed by atoms with Crippen LogP contribution in [0.1, 0.15) is 17.1 Å². The van der Waals surface area contributed by atoms with Crippen LogP contribution in [0, 0.1) is 6.92 Å². The van der Waals surface area contributed by atoms with E-state index < -0.39 is 0 Å². The molecule has 1 fully saturated rings. The van der Waals surface area contributed by atoms with E-state index >= 15 is 0 Å². The summed E-state index contributed by atoms with van der Waals surface area (Å²) < 4.78 is 0. The molecule has 1 saturated heterocycles. The second-order valence-corrected chi connectivity index (χ2v) is 5.13. The Balaban J connectivity index is 1.85. The molecule has 0 aliphatic carbocycles. The number of nitrogens with one attached hydrogen (secondary N) is 1. The number of nitrogens with zero attached hydrogens (tertiary/aromatic N) is 2. The van der Waals surface area contributed by atoms with Gasteiger partial charge in [-0.05, 0) is 20.4 Å². The lowest BCUT2D eigenvalue weighted by Gasteiger charge is -2.15. The summed E-state index contributed by atoms with van der Waals surface area (Å²) in [5, 5.41) is 6.21. The molecule has 2 rings (SSSR count). The fraction of sp³-hybridized carbons (Fsp3) is 0.636. The van der Waals surface area contributed by atoms with Crippen LogP contribution in [0.2, 0.25) is 0 Å². The number of likely N-dealkylation sites (tertiary alicyclic amines) is 1. The quantitative estimate of drug-likeness (QED) is 0.846. The van der Waals surface area contributed by atoms with Gasteiger partial charge in [0.1, 0.15) is 0 Å². The molecular weight excluding hydrogens is 222 g/mol.